The van der Waals surface area contributed by atoms with Gasteiger partial charge in [0.25, 0.3) is 0 Å². The summed E-state index contributed by atoms with van der Waals surface area (Å²) in [7, 11) is 1.59. The number of amides is 1. The summed E-state index contributed by atoms with van der Waals surface area (Å²) in [5.41, 5.74) is 1.31. The standard InChI is InChI=1S/C16H16Cl2N2O2/c1-10(19-14-5-3-4-13(17)15(14)18)16(21)20-11-6-8-12(22-2)9-7-11/h3-10,19H,1-2H3,(H,20,21)/t10-/m0/s1. The average Bonchev–Trinajstić information content (AvgIpc) is 2.52. The predicted octanol–water partition coefficient (Wildman–Crippen LogP) is 4.44. The number of anilines is 2. The lowest BCUT2D eigenvalue weighted by Crippen LogP contribution is -2.31. The van der Waals surface area contributed by atoms with E-state index in [1.165, 1.54) is 0 Å². The molecule has 0 unspecified atom stereocenters. The topological polar surface area (TPSA) is 50.4 Å². The zero-order valence-corrected chi connectivity index (χ0v) is 13.7. The first-order valence-corrected chi connectivity index (χ1v) is 7.42. The molecule has 0 heterocycles. The monoisotopic (exact) mass is 338 g/mol. The first kappa shape index (κ1) is 16.5. The summed E-state index contributed by atoms with van der Waals surface area (Å²) in [5, 5.41) is 6.69. The molecule has 0 aliphatic heterocycles. The molecule has 4 nitrogen and oxygen atoms in total. The Balaban J connectivity index is 2.01. The molecule has 0 aliphatic rings. The van der Waals surface area contributed by atoms with Crippen molar-refractivity contribution in [2.45, 2.75) is 13.0 Å². The molecule has 1 atom stereocenters. The number of rotatable bonds is 5. The van der Waals surface area contributed by atoms with Gasteiger partial charge >= 0.3 is 0 Å². The Morgan fingerprint density at radius 2 is 1.82 bits per heavy atom. The van der Waals surface area contributed by atoms with E-state index in [9.17, 15) is 4.79 Å². The summed E-state index contributed by atoms with van der Waals surface area (Å²) >= 11 is 12.0. The van der Waals surface area contributed by atoms with E-state index in [1.807, 2.05) is 0 Å². The fourth-order valence-corrected chi connectivity index (χ4v) is 2.19. The second kappa shape index (κ2) is 7.38. The minimum Gasteiger partial charge on any atom is -0.497 e. The van der Waals surface area contributed by atoms with E-state index in [0.717, 1.165) is 5.75 Å². The fourth-order valence-electron chi connectivity index (χ4n) is 1.84. The van der Waals surface area contributed by atoms with E-state index in [4.69, 9.17) is 27.9 Å². The first-order chi connectivity index (χ1) is 10.5. The van der Waals surface area contributed by atoms with Gasteiger partial charge in [0.1, 0.15) is 11.8 Å². The van der Waals surface area contributed by atoms with E-state index in [1.54, 1.807) is 56.5 Å². The molecular formula is C16H16Cl2N2O2. The van der Waals surface area contributed by atoms with Gasteiger partial charge in [0, 0.05) is 5.69 Å². The number of ether oxygens (including phenoxy) is 1. The van der Waals surface area contributed by atoms with Crippen LogP contribution < -0.4 is 15.4 Å². The van der Waals surface area contributed by atoms with Gasteiger partial charge in [-0.2, -0.15) is 0 Å². The molecule has 0 fully saturated rings. The molecule has 2 rings (SSSR count). The highest BCUT2D eigenvalue weighted by Gasteiger charge is 2.15. The number of carbonyl (C=O) groups is 1. The summed E-state index contributed by atoms with van der Waals surface area (Å²) < 4.78 is 5.07. The first-order valence-electron chi connectivity index (χ1n) is 6.66. The molecule has 6 heteroatoms. The molecule has 0 aliphatic carbocycles. The van der Waals surface area contributed by atoms with Gasteiger partial charge in [-0.15, -0.1) is 0 Å². The Morgan fingerprint density at radius 1 is 1.14 bits per heavy atom. The van der Waals surface area contributed by atoms with Gasteiger partial charge in [0.05, 0.1) is 22.8 Å². The van der Waals surface area contributed by atoms with Gasteiger partial charge < -0.3 is 15.4 Å². The maximum absolute atomic E-state index is 12.2. The van der Waals surface area contributed by atoms with E-state index in [0.29, 0.717) is 21.4 Å². The third-order valence-electron chi connectivity index (χ3n) is 3.07. The van der Waals surface area contributed by atoms with Crippen LogP contribution in [0.25, 0.3) is 0 Å². The lowest BCUT2D eigenvalue weighted by atomic mass is 10.2. The van der Waals surface area contributed by atoms with Crippen LogP contribution in [0.15, 0.2) is 42.5 Å². The van der Waals surface area contributed by atoms with E-state index < -0.39 is 6.04 Å². The van der Waals surface area contributed by atoms with Crippen molar-refractivity contribution in [2.75, 3.05) is 17.7 Å². The molecule has 22 heavy (non-hydrogen) atoms. The highest BCUT2D eigenvalue weighted by molar-refractivity contribution is 6.43. The van der Waals surface area contributed by atoms with Crippen LogP contribution in [0.3, 0.4) is 0 Å². The maximum atomic E-state index is 12.2. The zero-order chi connectivity index (χ0) is 16.1. The van der Waals surface area contributed by atoms with Gasteiger partial charge in [-0.3, -0.25) is 4.79 Å². The smallest absolute Gasteiger partial charge is 0.246 e. The minimum absolute atomic E-state index is 0.179. The lowest BCUT2D eigenvalue weighted by Gasteiger charge is -2.16. The Labute approximate surface area is 139 Å². The summed E-state index contributed by atoms with van der Waals surface area (Å²) in [6.45, 7) is 1.75. The van der Waals surface area contributed by atoms with Crippen LogP contribution in [0.5, 0.6) is 5.75 Å². The predicted molar refractivity (Wildman–Crippen MR) is 91.2 cm³/mol. The Kier molecular flexibility index (Phi) is 5.52. The second-order valence-electron chi connectivity index (χ2n) is 4.69. The molecular weight excluding hydrogens is 323 g/mol. The Bertz CT molecular complexity index is 660. The van der Waals surface area contributed by atoms with Crippen molar-refractivity contribution in [3.05, 3.63) is 52.5 Å². The van der Waals surface area contributed by atoms with Crippen molar-refractivity contribution >= 4 is 40.5 Å². The summed E-state index contributed by atoms with van der Waals surface area (Å²) in [4.78, 5) is 12.2. The molecule has 0 aromatic heterocycles. The SMILES string of the molecule is COc1ccc(NC(=O)[C@H](C)Nc2cccc(Cl)c2Cl)cc1. The molecule has 2 aromatic carbocycles. The van der Waals surface area contributed by atoms with E-state index >= 15 is 0 Å². The van der Waals surface area contributed by atoms with Gasteiger partial charge in [-0.1, -0.05) is 29.3 Å². The summed E-state index contributed by atoms with van der Waals surface area (Å²) in [5.74, 6) is 0.552. The van der Waals surface area contributed by atoms with Crippen LogP contribution in [-0.2, 0) is 4.79 Å². The molecule has 116 valence electrons. The molecule has 1 amide bonds. The molecule has 0 bridgehead atoms. The molecule has 2 aromatic rings. The zero-order valence-electron chi connectivity index (χ0n) is 12.2. The van der Waals surface area contributed by atoms with Gasteiger partial charge in [0.15, 0.2) is 0 Å². The largest absolute Gasteiger partial charge is 0.497 e. The van der Waals surface area contributed by atoms with E-state index in [2.05, 4.69) is 10.6 Å². The highest BCUT2D eigenvalue weighted by atomic mass is 35.5. The number of benzene rings is 2. The lowest BCUT2D eigenvalue weighted by molar-refractivity contribution is -0.116. The van der Waals surface area contributed by atoms with Crippen molar-refractivity contribution in [1.82, 2.24) is 0 Å². The normalized spacial score (nSPS) is 11.6. The fraction of sp³-hybridized carbons (Fsp3) is 0.188. The van der Waals surface area contributed by atoms with Gasteiger partial charge in [0.2, 0.25) is 5.91 Å². The van der Waals surface area contributed by atoms with Crippen molar-refractivity contribution < 1.29 is 9.53 Å². The molecule has 0 saturated heterocycles. The quantitative estimate of drug-likeness (QED) is 0.847. The molecule has 0 saturated carbocycles. The average molecular weight is 339 g/mol. The third kappa shape index (κ3) is 4.06. The minimum atomic E-state index is -0.474. The van der Waals surface area contributed by atoms with Crippen LogP contribution in [-0.4, -0.2) is 19.1 Å². The third-order valence-corrected chi connectivity index (χ3v) is 3.89. The van der Waals surface area contributed by atoms with Crippen molar-refractivity contribution in [1.29, 1.82) is 0 Å². The van der Waals surface area contributed by atoms with Crippen molar-refractivity contribution in [2.24, 2.45) is 0 Å². The number of carbonyl (C=O) groups excluding carboxylic acids is 1. The van der Waals surface area contributed by atoms with Crippen LogP contribution >= 0.6 is 23.2 Å². The molecule has 0 radical (unpaired) electrons. The number of hydrogen-bond acceptors (Lipinski definition) is 3. The van der Waals surface area contributed by atoms with Crippen LogP contribution in [0.2, 0.25) is 10.0 Å². The van der Waals surface area contributed by atoms with Crippen LogP contribution in [0.4, 0.5) is 11.4 Å². The Morgan fingerprint density at radius 3 is 2.45 bits per heavy atom. The maximum Gasteiger partial charge on any atom is 0.246 e. The van der Waals surface area contributed by atoms with Gasteiger partial charge in [-0.25, -0.2) is 0 Å². The summed E-state index contributed by atoms with van der Waals surface area (Å²) in [6.07, 6.45) is 0. The summed E-state index contributed by atoms with van der Waals surface area (Å²) in [6, 6.07) is 11.9. The number of halogens is 2. The second-order valence-corrected chi connectivity index (χ2v) is 5.47. The van der Waals surface area contributed by atoms with Crippen molar-refractivity contribution in [3.8, 4) is 5.75 Å². The Hall–Kier alpha value is -1.91. The highest BCUT2D eigenvalue weighted by Crippen LogP contribution is 2.30. The van der Waals surface area contributed by atoms with Gasteiger partial charge in [-0.05, 0) is 43.3 Å². The molecule has 2 N–H and O–H groups in total. The van der Waals surface area contributed by atoms with Crippen LogP contribution in [0, 0.1) is 0 Å². The van der Waals surface area contributed by atoms with Crippen LogP contribution in [0.1, 0.15) is 6.92 Å². The molecule has 0 spiro atoms. The number of methoxy groups -OCH3 is 1. The van der Waals surface area contributed by atoms with Crippen molar-refractivity contribution in [3.63, 3.8) is 0 Å². The number of hydrogen-bond donors (Lipinski definition) is 2. The number of nitrogens with one attached hydrogen (secondary N) is 2. The van der Waals surface area contributed by atoms with E-state index in [-0.39, 0.29) is 5.91 Å².